The Labute approximate surface area is 113 Å². The largest absolute Gasteiger partial charge is 0.497 e. The number of benzene rings is 1. The van der Waals surface area contributed by atoms with E-state index < -0.39 is 0 Å². The van der Waals surface area contributed by atoms with Crippen LogP contribution in [0.25, 0.3) is 22.8 Å². The second kappa shape index (κ2) is 4.96. The Morgan fingerprint density at radius 1 is 1.25 bits per heavy atom. The third-order valence-electron chi connectivity index (χ3n) is 2.72. The number of nitrogens with one attached hydrogen (secondary N) is 1. The first kappa shape index (κ1) is 12.1. The summed E-state index contributed by atoms with van der Waals surface area (Å²) in [7, 11) is 1.59. The summed E-state index contributed by atoms with van der Waals surface area (Å²) in [6.07, 6.45) is 2.68. The van der Waals surface area contributed by atoms with Crippen molar-refractivity contribution in [1.82, 2.24) is 20.1 Å². The monoisotopic (exact) mass is 270 g/mol. The number of aromatic nitrogens is 4. The minimum absolute atomic E-state index is 0.130. The predicted molar refractivity (Wildman–Crippen MR) is 70.1 cm³/mol. The smallest absolute Gasteiger partial charge is 0.265 e. The summed E-state index contributed by atoms with van der Waals surface area (Å²) in [5, 5.41) is 3.85. The van der Waals surface area contributed by atoms with Crippen LogP contribution in [0.1, 0.15) is 0 Å². The Balaban J connectivity index is 1.97. The lowest BCUT2D eigenvalue weighted by atomic mass is 10.2. The molecule has 20 heavy (non-hydrogen) atoms. The van der Waals surface area contributed by atoms with Crippen LogP contribution in [-0.2, 0) is 0 Å². The maximum Gasteiger partial charge on any atom is 0.265 e. The SMILES string of the molecule is COc1ccc(-c2noc(-c3cnc[nH]c3=O)n2)cc1. The molecule has 2 heterocycles. The molecule has 0 amide bonds. The molecule has 3 aromatic rings. The first-order chi connectivity index (χ1) is 9.78. The van der Waals surface area contributed by atoms with Crippen molar-refractivity contribution in [2.24, 2.45) is 0 Å². The van der Waals surface area contributed by atoms with Crippen LogP contribution in [0.15, 0.2) is 46.1 Å². The van der Waals surface area contributed by atoms with Crippen LogP contribution in [-0.4, -0.2) is 27.2 Å². The summed E-state index contributed by atoms with van der Waals surface area (Å²) in [5.41, 5.74) is 0.672. The van der Waals surface area contributed by atoms with E-state index in [1.807, 2.05) is 0 Å². The Morgan fingerprint density at radius 3 is 2.75 bits per heavy atom. The zero-order valence-corrected chi connectivity index (χ0v) is 10.5. The number of nitrogens with zero attached hydrogens (tertiary/aromatic N) is 3. The van der Waals surface area contributed by atoms with E-state index in [9.17, 15) is 4.79 Å². The molecule has 0 saturated carbocycles. The van der Waals surface area contributed by atoms with Gasteiger partial charge in [0.05, 0.1) is 13.4 Å². The second-order valence-corrected chi connectivity index (χ2v) is 3.95. The third kappa shape index (κ3) is 2.16. The molecule has 7 nitrogen and oxygen atoms in total. The van der Waals surface area contributed by atoms with E-state index in [1.165, 1.54) is 12.5 Å². The van der Waals surface area contributed by atoms with Gasteiger partial charge in [-0.05, 0) is 24.3 Å². The van der Waals surface area contributed by atoms with E-state index in [2.05, 4.69) is 20.1 Å². The highest BCUT2D eigenvalue weighted by molar-refractivity contribution is 5.59. The van der Waals surface area contributed by atoms with Crippen molar-refractivity contribution in [3.05, 3.63) is 47.1 Å². The molecule has 3 rings (SSSR count). The van der Waals surface area contributed by atoms with E-state index in [4.69, 9.17) is 9.26 Å². The zero-order chi connectivity index (χ0) is 13.9. The number of ether oxygens (including phenoxy) is 1. The fourth-order valence-electron chi connectivity index (χ4n) is 1.69. The molecular formula is C13H10N4O3. The lowest BCUT2D eigenvalue weighted by Crippen LogP contribution is -2.08. The van der Waals surface area contributed by atoms with Crippen LogP contribution in [0, 0.1) is 0 Å². The fourth-order valence-corrected chi connectivity index (χ4v) is 1.69. The predicted octanol–water partition coefficient (Wildman–Crippen LogP) is 1.50. The van der Waals surface area contributed by atoms with Gasteiger partial charge in [-0.15, -0.1) is 0 Å². The molecular weight excluding hydrogens is 260 g/mol. The Morgan fingerprint density at radius 2 is 2.05 bits per heavy atom. The minimum atomic E-state index is -0.329. The molecule has 0 aliphatic rings. The molecule has 1 N–H and O–H groups in total. The van der Waals surface area contributed by atoms with Crippen LogP contribution in [0.4, 0.5) is 0 Å². The van der Waals surface area contributed by atoms with Gasteiger partial charge >= 0.3 is 0 Å². The van der Waals surface area contributed by atoms with Gasteiger partial charge in [0.15, 0.2) is 0 Å². The molecule has 1 aromatic carbocycles. The number of hydrogen-bond donors (Lipinski definition) is 1. The quantitative estimate of drug-likeness (QED) is 0.775. The molecule has 100 valence electrons. The summed E-state index contributed by atoms with van der Waals surface area (Å²) >= 11 is 0. The standard InChI is InChI=1S/C13H10N4O3/c1-19-9-4-2-8(3-5-9)11-16-13(20-17-11)10-6-14-7-15-12(10)18/h2-7H,1H3,(H,14,15,18). The highest BCUT2D eigenvalue weighted by Crippen LogP contribution is 2.21. The average molecular weight is 270 g/mol. The van der Waals surface area contributed by atoms with Crippen molar-refractivity contribution < 1.29 is 9.26 Å². The Hall–Kier alpha value is -2.96. The van der Waals surface area contributed by atoms with E-state index >= 15 is 0 Å². The van der Waals surface area contributed by atoms with Crippen molar-refractivity contribution in [1.29, 1.82) is 0 Å². The van der Waals surface area contributed by atoms with Gasteiger partial charge in [0.2, 0.25) is 5.82 Å². The van der Waals surface area contributed by atoms with Gasteiger partial charge in [-0.2, -0.15) is 4.98 Å². The van der Waals surface area contributed by atoms with Crippen LogP contribution in [0.3, 0.4) is 0 Å². The maximum absolute atomic E-state index is 11.6. The summed E-state index contributed by atoms with van der Waals surface area (Å²) in [5.74, 6) is 1.26. The van der Waals surface area contributed by atoms with Gasteiger partial charge in [0.1, 0.15) is 11.3 Å². The third-order valence-corrected chi connectivity index (χ3v) is 2.72. The van der Waals surface area contributed by atoms with Crippen molar-refractivity contribution in [3.63, 3.8) is 0 Å². The maximum atomic E-state index is 11.6. The normalized spacial score (nSPS) is 10.4. The summed E-state index contributed by atoms with van der Waals surface area (Å²) < 4.78 is 10.2. The van der Waals surface area contributed by atoms with Gasteiger partial charge in [0.25, 0.3) is 11.4 Å². The van der Waals surface area contributed by atoms with Gasteiger partial charge < -0.3 is 14.2 Å². The van der Waals surface area contributed by atoms with E-state index in [0.717, 1.165) is 11.3 Å². The Bertz CT molecular complexity index is 777. The highest BCUT2D eigenvalue weighted by atomic mass is 16.5. The molecule has 0 aliphatic carbocycles. The van der Waals surface area contributed by atoms with Gasteiger partial charge in [-0.25, -0.2) is 4.98 Å². The van der Waals surface area contributed by atoms with E-state index in [-0.39, 0.29) is 17.0 Å². The molecule has 0 atom stereocenters. The summed E-state index contributed by atoms with van der Waals surface area (Å²) in [4.78, 5) is 22.1. The molecule has 0 fully saturated rings. The molecule has 7 heteroatoms. The molecule has 0 radical (unpaired) electrons. The molecule has 0 saturated heterocycles. The van der Waals surface area contributed by atoms with Crippen LogP contribution >= 0.6 is 0 Å². The average Bonchev–Trinajstić information content (AvgIpc) is 2.97. The molecule has 0 bridgehead atoms. The van der Waals surface area contributed by atoms with Crippen molar-refractivity contribution >= 4 is 0 Å². The van der Waals surface area contributed by atoms with Crippen LogP contribution in [0.2, 0.25) is 0 Å². The van der Waals surface area contributed by atoms with Gasteiger partial charge in [-0.3, -0.25) is 4.79 Å². The number of methoxy groups -OCH3 is 1. The van der Waals surface area contributed by atoms with Crippen molar-refractivity contribution in [2.75, 3.05) is 7.11 Å². The minimum Gasteiger partial charge on any atom is -0.497 e. The molecule has 0 unspecified atom stereocenters. The van der Waals surface area contributed by atoms with Crippen LogP contribution < -0.4 is 10.3 Å². The fraction of sp³-hybridized carbons (Fsp3) is 0.0769. The first-order valence-corrected chi connectivity index (χ1v) is 5.79. The lowest BCUT2D eigenvalue weighted by molar-refractivity contribution is 0.414. The van der Waals surface area contributed by atoms with Crippen LogP contribution in [0.5, 0.6) is 5.75 Å². The van der Waals surface area contributed by atoms with E-state index in [0.29, 0.717) is 5.82 Å². The lowest BCUT2D eigenvalue weighted by Gasteiger charge is -1.98. The first-order valence-electron chi connectivity index (χ1n) is 5.79. The number of aromatic amines is 1. The van der Waals surface area contributed by atoms with Crippen molar-refractivity contribution in [3.8, 4) is 28.6 Å². The summed E-state index contributed by atoms with van der Waals surface area (Å²) in [6, 6.07) is 7.20. The number of H-pyrrole nitrogens is 1. The van der Waals surface area contributed by atoms with Gasteiger partial charge in [0, 0.05) is 11.8 Å². The summed E-state index contributed by atoms with van der Waals surface area (Å²) in [6.45, 7) is 0. The molecule has 0 spiro atoms. The highest BCUT2D eigenvalue weighted by Gasteiger charge is 2.13. The number of rotatable bonds is 3. The van der Waals surface area contributed by atoms with Gasteiger partial charge in [-0.1, -0.05) is 5.16 Å². The Kier molecular flexibility index (Phi) is 3.00. The topological polar surface area (TPSA) is 93.9 Å². The van der Waals surface area contributed by atoms with Crippen molar-refractivity contribution in [2.45, 2.75) is 0 Å². The number of hydrogen-bond acceptors (Lipinski definition) is 6. The molecule has 0 aliphatic heterocycles. The van der Waals surface area contributed by atoms with E-state index in [1.54, 1.807) is 31.4 Å². The zero-order valence-electron chi connectivity index (χ0n) is 10.5. The molecule has 2 aromatic heterocycles. The second-order valence-electron chi connectivity index (χ2n) is 3.95.